The highest BCUT2D eigenvalue weighted by Gasteiger charge is 2.25. The fourth-order valence-electron chi connectivity index (χ4n) is 5.02. The molecule has 0 saturated carbocycles. The van der Waals surface area contributed by atoms with Crippen molar-refractivity contribution in [3.63, 3.8) is 0 Å². The number of aryl methyl sites for hydroxylation is 1. The number of ether oxygens (including phenoxy) is 1. The van der Waals surface area contributed by atoms with Crippen LogP contribution in [0.2, 0.25) is 0 Å². The average Bonchev–Trinajstić information content (AvgIpc) is 3.38. The van der Waals surface area contributed by atoms with E-state index in [0.29, 0.717) is 29.0 Å². The maximum absolute atomic E-state index is 12.8. The molecule has 0 atom stereocenters. The number of pyridine rings is 2. The summed E-state index contributed by atoms with van der Waals surface area (Å²) in [5.41, 5.74) is 2.97. The first kappa shape index (κ1) is 26.4. The van der Waals surface area contributed by atoms with Gasteiger partial charge in [-0.3, -0.25) is 4.79 Å². The highest BCUT2D eigenvalue weighted by molar-refractivity contribution is 5.85. The molecule has 4 heterocycles. The Kier molecular flexibility index (Phi) is 7.62. The summed E-state index contributed by atoms with van der Waals surface area (Å²) in [5, 5.41) is 24.0. The van der Waals surface area contributed by atoms with Crippen LogP contribution >= 0.6 is 0 Å². The maximum Gasteiger partial charge on any atom is 0.138 e. The van der Waals surface area contributed by atoms with E-state index in [0.717, 1.165) is 49.3 Å². The zero-order valence-electron chi connectivity index (χ0n) is 22.4. The smallest absolute Gasteiger partial charge is 0.138 e. The van der Waals surface area contributed by atoms with Crippen molar-refractivity contribution in [1.29, 1.82) is 5.26 Å². The van der Waals surface area contributed by atoms with Gasteiger partial charge in [0.2, 0.25) is 0 Å². The molecule has 1 saturated heterocycles. The third-order valence-electron chi connectivity index (χ3n) is 7.14. The van der Waals surface area contributed by atoms with Gasteiger partial charge in [-0.05, 0) is 56.9 Å². The van der Waals surface area contributed by atoms with E-state index < -0.39 is 5.60 Å². The predicted octanol–water partition coefficient (Wildman–Crippen LogP) is 4.84. The van der Waals surface area contributed by atoms with Crippen LogP contribution in [0.5, 0.6) is 5.75 Å². The van der Waals surface area contributed by atoms with Crippen LogP contribution in [0.4, 0.5) is 5.82 Å². The van der Waals surface area contributed by atoms with Crippen LogP contribution in [0.3, 0.4) is 0 Å². The summed E-state index contributed by atoms with van der Waals surface area (Å²) in [5.74, 6) is 1.87. The van der Waals surface area contributed by atoms with Crippen LogP contribution in [-0.2, 0) is 11.2 Å². The SMILES string of the molecule is CC(C)(O)COc1cc(-c2ccc(N3CCC(C(=O)CCc4ccccc4)CC3)nc2)c2c(C#N)cnn2c1. The fourth-order valence-corrected chi connectivity index (χ4v) is 5.02. The number of carbonyl (C=O) groups is 1. The van der Waals surface area contributed by atoms with Crippen molar-refractivity contribution in [2.75, 3.05) is 24.6 Å². The van der Waals surface area contributed by atoms with Crippen molar-refractivity contribution < 1.29 is 14.6 Å². The van der Waals surface area contributed by atoms with Gasteiger partial charge in [-0.25, -0.2) is 9.50 Å². The first-order valence-corrected chi connectivity index (χ1v) is 13.4. The molecule has 0 amide bonds. The maximum atomic E-state index is 12.8. The van der Waals surface area contributed by atoms with Gasteiger partial charge in [0.1, 0.15) is 30.0 Å². The van der Waals surface area contributed by atoms with Crippen LogP contribution in [-0.4, -0.2) is 50.8 Å². The Balaban J connectivity index is 1.27. The minimum absolute atomic E-state index is 0.107. The van der Waals surface area contributed by atoms with E-state index in [4.69, 9.17) is 9.72 Å². The van der Waals surface area contributed by atoms with Gasteiger partial charge in [0.05, 0.1) is 29.1 Å². The van der Waals surface area contributed by atoms with E-state index >= 15 is 0 Å². The zero-order valence-corrected chi connectivity index (χ0v) is 22.4. The van der Waals surface area contributed by atoms with E-state index in [2.05, 4.69) is 28.2 Å². The van der Waals surface area contributed by atoms with Gasteiger partial charge in [-0.2, -0.15) is 10.4 Å². The van der Waals surface area contributed by atoms with Gasteiger partial charge in [0.25, 0.3) is 0 Å². The Morgan fingerprint density at radius 1 is 1.15 bits per heavy atom. The molecule has 0 bridgehead atoms. The number of nitrogens with zero attached hydrogens (tertiary/aromatic N) is 5. The number of hydrogen-bond donors (Lipinski definition) is 1. The Morgan fingerprint density at radius 2 is 1.92 bits per heavy atom. The van der Waals surface area contributed by atoms with E-state index in [9.17, 15) is 15.2 Å². The number of anilines is 1. The zero-order chi connectivity index (χ0) is 27.4. The first-order chi connectivity index (χ1) is 18.8. The van der Waals surface area contributed by atoms with Gasteiger partial charge in [-0.1, -0.05) is 30.3 Å². The van der Waals surface area contributed by atoms with Crippen molar-refractivity contribution in [1.82, 2.24) is 14.6 Å². The van der Waals surface area contributed by atoms with Crippen molar-refractivity contribution in [2.24, 2.45) is 5.92 Å². The Bertz CT molecular complexity index is 1480. The molecule has 1 fully saturated rings. The molecule has 8 heteroatoms. The summed E-state index contributed by atoms with van der Waals surface area (Å²) in [7, 11) is 0. The number of nitriles is 1. The first-order valence-electron chi connectivity index (χ1n) is 13.4. The molecule has 1 aliphatic heterocycles. The molecule has 1 aliphatic rings. The molecule has 0 spiro atoms. The highest BCUT2D eigenvalue weighted by atomic mass is 16.5. The summed E-state index contributed by atoms with van der Waals surface area (Å²) in [6.45, 7) is 5.06. The minimum Gasteiger partial charge on any atom is -0.489 e. The third kappa shape index (κ3) is 6.27. The molecule has 1 aromatic carbocycles. The molecule has 1 N–H and O–H groups in total. The lowest BCUT2D eigenvalue weighted by Gasteiger charge is -2.32. The molecule has 5 rings (SSSR count). The summed E-state index contributed by atoms with van der Waals surface area (Å²) < 4.78 is 7.45. The quantitative estimate of drug-likeness (QED) is 0.335. The second-order valence-corrected chi connectivity index (χ2v) is 10.8. The molecule has 0 aliphatic carbocycles. The summed E-state index contributed by atoms with van der Waals surface area (Å²) in [6, 6.07) is 18.2. The summed E-state index contributed by atoms with van der Waals surface area (Å²) in [4.78, 5) is 19.8. The summed E-state index contributed by atoms with van der Waals surface area (Å²) >= 11 is 0. The molecular weight excluding hydrogens is 490 g/mol. The van der Waals surface area contributed by atoms with Crippen LogP contribution < -0.4 is 9.64 Å². The molecule has 39 heavy (non-hydrogen) atoms. The topological polar surface area (TPSA) is 104 Å². The lowest BCUT2D eigenvalue weighted by molar-refractivity contribution is -0.123. The molecule has 3 aromatic heterocycles. The summed E-state index contributed by atoms with van der Waals surface area (Å²) in [6.07, 6.45) is 8.10. The highest BCUT2D eigenvalue weighted by Crippen LogP contribution is 2.32. The second kappa shape index (κ2) is 11.3. The lowest BCUT2D eigenvalue weighted by atomic mass is 9.89. The standard InChI is InChI=1S/C31H33N5O3/c1-31(2,38)21-39-26-16-27(30-25(17-32)19-34-36(30)20-26)24-9-11-29(33-18-24)35-14-12-23(13-15-35)28(37)10-8-22-6-4-3-5-7-22/h3-7,9,11,16,18-20,23,38H,8,10,12-15,21H2,1-2H3. The number of fused-ring (bicyclic) bond motifs is 1. The van der Waals surface area contributed by atoms with Crippen LogP contribution in [0, 0.1) is 17.2 Å². The van der Waals surface area contributed by atoms with Crippen molar-refractivity contribution in [2.45, 2.75) is 45.1 Å². The molecular formula is C31H33N5O3. The lowest BCUT2D eigenvalue weighted by Crippen LogP contribution is -2.36. The number of benzene rings is 1. The second-order valence-electron chi connectivity index (χ2n) is 10.8. The van der Waals surface area contributed by atoms with Crippen LogP contribution in [0.25, 0.3) is 16.6 Å². The van der Waals surface area contributed by atoms with E-state index in [1.807, 2.05) is 36.4 Å². The van der Waals surface area contributed by atoms with Crippen molar-refractivity contribution >= 4 is 17.1 Å². The molecule has 4 aromatic rings. The van der Waals surface area contributed by atoms with Gasteiger partial charge in [0.15, 0.2) is 0 Å². The minimum atomic E-state index is -0.986. The number of rotatable bonds is 9. The molecule has 8 nitrogen and oxygen atoms in total. The number of aliphatic hydroxyl groups is 1. The molecule has 0 radical (unpaired) electrons. The molecule has 200 valence electrons. The van der Waals surface area contributed by atoms with E-state index in [1.54, 1.807) is 30.8 Å². The van der Waals surface area contributed by atoms with Crippen molar-refractivity contribution in [3.8, 4) is 22.9 Å². The average molecular weight is 524 g/mol. The third-order valence-corrected chi connectivity index (χ3v) is 7.14. The Morgan fingerprint density at radius 3 is 2.59 bits per heavy atom. The van der Waals surface area contributed by atoms with E-state index in [-0.39, 0.29) is 12.5 Å². The number of carbonyl (C=O) groups excluding carboxylic acids is 1. The van der Waals surface area contributed by atoms with Crippen LogP contribution in [0.1, 0.15) is 44.2 Å². The van der Waals surface area contributed by atoms with Gasteiger partial charge < -0.3 is 14.7 Å². The number of hydrogen-bond acceptors (Lipinski definition) is 7. The van der Waals surface area contributed by atoms with Crippen LogP contribution in [0.15, 0.2) is 67.1 Å². The van der Waals surface area contributed by atoms with E-state index in [1.165, 1.54) is 11.8 Å². The predicted molar refractivity (Wildman–Crippen MR) is 150 cm³/mol. The monoisotopic (exact) mass is 523 g/mol. The molecule has 0 unspecified atom stereocenters. The number of piperidine rings is 1. The Labute approximate surface area is 228 Å². The Hall–Kier alpha value is -4.22. The van der Waals surface area contributed by atoms with Gasteiger partial charge in [-0.15, -0.1) is 0 Å². The van der Waals surface area contributed by atoms with Gasteiger partial charge >= 0.3 is 0 Å². The number of aromatic nitrogens is 3. The number of ketones is 1. The fraction of sp³-hybridized carbons (Fsp3) is 0.355. The van der Waals surface area contributed by atoms with Crippen molar-refractivity contribution in [3.05, 3.63) is 78.2 Å². The largest absolute Gasteiger partial charge is 0.489 e. The normalized spacial score (nSPS) is 14.4. The number of Topliss-reactive ketones (excluding diaryl/α,β-unsaturated/α-hetero) is 1. The van der Waals surface area contributed by atoms with Gasteiger partial charge in [0, 0.05) is 42.8 Å².